The van der Waals surface area contributed by atoms with Gasteiger partial charge >= 0.3 is 0 Å². The molecule has 2 nitrogen and oxygen atoms in total. The summed E-state index contributed by atoms with van der Waals surface area (Å²) in [5.41, 5.74) is 0. The first-order chi connectivity index (χ1) is 4.62. The fraction of sp³-hybridized carbons (Fsp3) is 0.667. The van der Waals surface area contributed by atoms with Crippen molar-refractivity contribution in [3.8, 4) is 0 Å². The van der Waals surface area contributed by atoms with Crippen LogP contribution in [0.5, 0.6) is 0 Å². The maximum atomic E-state index is 10.9. The Hall–Kier alpha value is 0.0400. The van der Waals surface area contributed by atoms with E-state index in [4.69, 9.17) is 0 Å². The van der Waals surface area contributed by atoms with E-state index in [9.17, 15) is 8.42 Å². The molecular formula is C6H12O2S2. The van der Waals surface area contributed by atoms with Crippen molar-refractivity contribution in [1.29, 1.82) is 0 Å². The number of hydrogen-bond donors (Lipinski definition) is 0. The summed E-state index contributed by atoms with van der Waals surface area (Å²) < 4.78 is 21.7. The maximum absolute atomic E-state index is 10.9. The predicted molar refractivity (Wildman–Crippen MR) is 46.5 cm³/mol. The highest BCUT2D eigenvalue weighted by molar-refractivity contribution is 8.73. The van der Waals surface area contributed by atoms with E-state index < -0.39 is 8.87 Å². The number of hydrogen-bond acceptors (Lipinski definition) is 3. The van der Waals surface area contributed by atoms with Crippen LogP contribution in [-0.4, -0.2) is 14.2 Å². The molecule has 60 valence electrons. The molecular weight excluding hydrogens is 168 g/mol. The Morgan fingerprint density at radius 3 is 2.50 bits per heavy atom. The van der Waals surface area contributed by atoms with Crippen LogP contribution in [0.15, 0.2) is 11.5 Å². The van der Waals surface area contributed by atoms with Gasteiger partial charge in [-0.05, 0) is 24.1 Å². The Balaban J connectivity index is 3.89. The fourth-order valence-corrected chi connectivity index (χ4v) is 2.98. The molecule has 0 rings (SSSR count). The highest BCUT2D eigenvalue weighted by atomic mass is 33.1. The zero-order chi connectivity index (χ0) is 8.04. The van der Waals surface area contributed by atoms with Gasteiger partial charge in [0.15, 0.2) is 0 Å². The van der Waals surface area contributed by atoms with Crippen LogP contribution in [0.4, 0.5) is 0 Å². The third-order valence-corrected chi connectivity index (χ3v) is 4.08. The summed E-state index contributed by atoms with van der Waals surface area (Å²) in [4.78, 5) is 0. The molecule has 0 N–H and O–H groups in total. The van der Waals surface area contributed by atoms with Gasteiger partial charge in [-0.15, -0.1) is 0 Å². The average molecular weight is 180 g/mol. The lowest BCUT2D eigenvalue weighted by Crippen LogP contribution is -1.88. The summed E-state index contributed by atoms with van der Waals surface area (Å²) in [7, 11) is -1.97. The van der Waals surface area contributed by atoms with Gasteiger partial charge in [0.1, 0.15) is 0 Å². The Kier molecular flexibility index (Phi) is 4.81. The van der Waals surface area contributed by atoms with Crippen LogP contribution in [0.2, 0.25) is 0 Å². The molecule has 0 fully saturated rings. The van der Waals surface area contributed by atoms with E-state index in [0.29, 0.717) is 5.75 Å². The molecule has 0 bridgehead atoms. The summed E-state index contributed by atoms with van der Waals surface area (Å²) >= 11 is 0. The Morgan fingerprint density at radius 1 is 1.50 bits per heavy atom. The Bertz CT molecular complexity index is 192. The third-order valence-electron chi connectivity index (χ3n) is 0.754. The van der Waals surface area contributed by atoms with Gasteiger partial charge in [-0.1, -0.05) is 13.0 Å². The van der Waals surface area contributed by atoms with Crippen LogP contribution in [0.3, 0.4) is 0 Å². The molecule has 0 amide bonds. The standard InChI is InChI=1S/C6H12O2S2/c1-3-5-9-10(7,8)6-4-2/h4,6H,3,5H2,1-2H3/b6-4+. The average Bonchev–Trinajstić information content (AvgIpc) is 1.84. The first kappa shape index (κ1) is 10.0. The van der Waals surface area contributed by atoms with E-state index in [0.717, 1.165) is 17.2 Å². The topological polar surface area (TPSA) is 34.1 Å². The lowest BCUT2D eigenvalue weighted by Gasteiger charge is -1.93. The molecule has 0 aliphatic heterocycles. The lowest BCUT2D eigenvalue weighted by molar-refractivity contribution is 0.618. The van der Waals surface area contributed by atoms with Gasteiger partial charge in [0.25, 0.3) is 0 Å². The largest absolute Gasteiger partial charge is 0.222 e. The second-order valence-electron chi connectivity index (χ2n) is 1.78. The molecule has 10 heavy (non-hydrogen) atoms. The molecule has 0 spiro atoms. The summed E-state index contributed by atoms with van der Waals surface area (Å²) in [6.07, 6.45) is 2.43. The van der Waals surface area contributed by atoms with Gasteiger partial charge in [0.05, 0.1) is 0 Å². The molecule has 0 aliphatic carbocycles. The monoisotopic (exact) mass is 180 g/mol. The molecule has 0 saturated carbocycles. The first-order valence-electron chi connectivity index (χ1n) is 3.14. The second-order valence-corrected chi connectivity index (χ2v) is 5.79. The zero-order valence-corrected chi connectivity index (χ0v) is 7.83. The second kappa shape index (κ2) is 4.79. The van der Waals surface area contributed by atoms with Crippen molar-refractivity contribution in [1.82, 2.24) is 0 Å². The highest BCUT2D eigenvalue weighted by Gasteiger charge is 2.03. The zero-order valence-electron chi connectivity index (χ0n) is 6.20. The van der Waals surface area contributed by atoms with Crippen molar-refractivity contribution in [2.24, 2.45) is 0 Å². The SMILES string of the molecule is C/C=C/S(=O)(=O)SCCC. The Morgan fingerprint density at radius 2 is 2.10 bits per heavy atom. The molecule has 0 heterocycles. The van der Waals surface area contributed by atoms with Crippen molar-refractivity contribution < 1.29 is 8.42 Å². The molecule has 0 aromatic heterocycles. The van der Waals surface area contributed by atoms with Crippen LogP contribution in [0.1, 0.15) is 20.3 Å². The van der Waals surface area contributed by atoms with Crippen molar-refractivity contribution >= 4 is 19.7 Å². The molecule has 0 aliphatic rings. The van der Waals surface area contributed by atoms with Crippen molar-refractivity contribution in [2.45, 2.75) is 20.3 Å². The molecule has 0 aromatic carbocycles. The van der Waals surface area contributed by atoms with Crippen molar-refractivity contribution in [3.63, 3.8) is 0 Å². The molecule has 0 aromatic rings. The van der Waals surface area contributed by atoms with Gasteiger partial charge in [0, 0.05) is 11.2 Å². The van der Waals surface area contributed by atoms with Gasteiger partial charge in [-0.2, -0.15) is 0 Å². The van der Waals surface area contributed by atoms with Crippen molar-refractivity contribution in [2.75, 3.05) is 5.75 Å². The molecule has 0 atom stereocenters. The predicted octanol–water partition coefficient (Wildman–Crippen LogP) is 1.99. The first-order valence-corrected chi connectivity index (χ1v) is 6.19. The minimum atomic E-state index is -2.96. The van der Waals surface area contributed by atoms with E-state index in [1.807, 2.05) is 6.92 Å². The van der Waals surface area contributed by atoms with Gasteiger partial charge < -0.3 is 0 Å². The van der Waals surface area contributed by atoms with Crippen LogP contribution < -0.4 is 0 Å². The quantitative estimate of drug-likeness (QED) is 0.620. The van der Waals surface area contributed by atoms with E-state index in [-0.39, 0.29) is 0 Å². The molecule has 0 unspecified atom stereocenters. The molecule has 0 radical (unpaired) electrons. The number of allylic oxidation sites excluding steroid dienone is 1. The minimum absolute atomic E-state index is 0.673. The van der Waals surface area contributed by atoms with Gasteiger partial charge in [-0.25, -0.2) is 8.42 Å². The molecule has 4 heteroatoms. The summed E-state index contributed by atoms with van der Waals surface area (Å²) in [5.74, 6) is 0.673. The van der Waals surface area contributed by atoms with Crippen LogP contribution in [0.25, 0.3) is 0 Å². The molecule has 0 saturated heterocycles. The van der Waals surface area contributed by atoms with E-state index in [1.54, 1.807) is 6.92 Å². The minimum Gasteiger partial charge on any atom is -0.213 e. The van der Waals surface area contributed by atoms with E-state index in [1.165, 1.54) is 11.5 Å². The van der Waals surface area contributed by atoms with Crippen LogP contribution in [0, 0.1) is 0 Å². The maximum Gasteiger partial charge on any atom is 0.222 e. The summed E-state index contributed by atoms with van der Waals surface area (Å²) in [5, 5.41) is 1.23. The number of rotatable bonds is 4. The third kappa shape index (κ3) is 4.88. The van der Waals surface area contributed by atoms with Crippen LogP contribution in [-0.2, 0) is 8.87 Å². The highest BCUT2D eigenvalue weighted by Crippen LogP contribution is 2.14. The summed E-state index contributed by atoms with van der Waals surface area (Å²) in [6.45, 7) is 3.65. The van der Waals surface area contributed by atoms with Crippen molar-refractivity contribution in [3.05, 3.63) is 11.5 Å². The normalized spacial score (nSPS) is 12.6. The van der Waals surface area contributed by atoms with Crippen LogP contribution >= 0.6 is 10.8 Å². The Labute approximate surface area is 66.0 Å². The fourth-order valence-electron chi connectivity index (χ4n) is 0.405. The van der Waals surface area contributed by atoms with Gasteiger partial charge in [0.2, 0.25) is 8.87 Å². The smallest absolute Gasteiger partial charge is 0.213 e. The lowest BCUT2D eigenvalue weighted by atomic mass is 10.6. The summed E-state index contributed by atoms with van der Waals surface area (Å²) in [6, 6.07) is 0. The van der Waals surface area contributed by atoms with E-state index >= 15 is 0 Å². The van der Waals surface area contributed by atoms with E-state index in [2.05, 4.69) is 0 Å². The van der Waals surface area contributed by atoms with Gasteiger partial charge in [-0.3, -0.25) is 0 Å².